The Hall–Kier alpha value is -1.35. The Bertz CT molecular complexity index is 522. The molecule has 4 nitrogen and oxygen atoms in total. The summed E-state index contributed by atoms with van der Waals surface area (Å²) in [4.78, 5) is -0.388. The highest BCUT2D eigenvalue weighted by molar-refractivity contribution is 7.91. The van der Waals surface area contributed by atoms with E-state index in [4.69, 9.17) is 5.73 Å². The molecule has 0 aliphatic heterocycles. The first-order valence-electron chi connectivity index (χ1n) is 5.03. The number of hydrogen-bond donors (Lipinski definition) is 1. The van der Waals surface area contributed by atoms with Crippen molar-refractivity contribution in [3.8, 4) is 0 Å². The Morgan fingerprint density at radius 3 is 2.37 bits per heavy atom. The van der Waals surface area contributed by atoms with Crippen LogP contribution in [0.5, 0.6) is 0 Å². The van der Waals surface area contributed by atoms with E-state index in [1.165, 1.54) is 0 Å². The maximum Gasteiger partial charge on any atom is 0.411 e. The number of ether oxygens (including phenoxy) is 1. The van der Waals surface area contributed by atoms with Gasteiger partial charge in [0.25, 0.3) is 0 Å². The van der Waals surface area contributed by atoms with E-state index in [0.717, 1.165) is 18.2 Å². The van der Waals surface area contributed by atoms with Crippen molar-refractivity contribution in [3.05, 3.63) is 24.0 Å². The molecule has 0 aromatic heterocycles. The molecule has 0 bridgehead atoms. The minimum absolute atomic E-state index is 0.0882. The average Bonchev–Trinajstić information content (AvgIpc) is 2.22. The minimum atomic E-state index is -4.52. The van der Waals surface area contributed by atoms with Gasteiger partial charge in [0.2, 0.25) is 0 Å². The number of benzene rings is 1. The SMILES string of the molecule is Nc1cc(F)cc(S(=O)(=O)CCOCC(F)(F)F)c1. The maximum absolute atomic E-state index is 13.0. The fourth-order valence-corrected chi connectivity index (χ4v) is 2.42. The number of alkyl halides is 3. The van der Waals surface area contributed by atoms with Crippen LogP contribution in [0.15, 0.2) is 23.1 Å². The number of hydrogen-bond acceptors (Lipinski definition) is 4. The lowest BCUT2D eigenvalue weighted by atomic mass is 10.3. The van der Waals surface area contributed by atoms with Crippen molar-refractivity contribution in [2.24, 2.45) is 0 Å². The summed E-state index contributed by atoms with van der Waals surface area (Å²) in [5.74, 6) is -1.53. The van der Waals surface area contributed by atoms with Crippen LogP contribution in [0.4, 0.5) is 23.2 Å². The second-order valence-corrected chi connectivity index (χ2v) is 5.82. The largest absolute Gasteiger partial charge is 0.411 e. The van der Waals surface area contributed by atoms with Gasteiger partial charge in [-0.1, -0.05) is 0 Å². The van der Waals surface area contributed by atoms with E-state index in [-0.39, 0.29) is 10.6 Å². The van der Waals surface area contributed by atoms with Crippen LogP contribution in [-0.2, 0) is 14.6 Å². The standard InChI is InChI=1S/C10H11F4NO3S/c11-7-3-8(15)5-9(4-7)19(16,17)2-1-18-6-10(12,13)14/h3-5H,1-2,6,15H2. The molecule has 0 unspecified atom stereocenters. The molecule has 0 aliphatic rings. The van der Waals surface area contributed by atoms with E-state index in [9.17, 15) is 26.0 Å². The third-order valence-electron chi connectivity index (χ3n) is 2.01. The molecule has 1 aromatic carbocycles. The van der Waals surface area contributed by atoms with Crippen LogP contribution < -0.4 is 5.73 Å². The molecule has 0 amide bonds. The summed E-state index contributed by atoms with van der Waals surface area (Å²) in [5.41, 5.74) is 5.20. The molecule has 0 saturated carbocycles. The van der Waals surface area contributed by atoms with E-state index in [1.807, 2.05) is 0 Å². The zero-order valence-corrected chi connectivity index (χ0v) is 10.4. The van der Waals surface area contributed by atoms with Crippen LogP contribution in [0.1, 0.15) is 0 Å². The Morgan fingerprint density at radius 1 is 1.21 bits per heavy atom. The Labute approximate surface area is 107 Å². The molecule has 0 radical (unpaired) electrons. The minimum Gasteiger partial charge on any atom is -0.399 e. The summed E-state index contributed by atoms with van der Waals surface area (Å²) < 4.78 is 75.8. The Kier molecular flexibility index (Phi) is 4.75. The molecule has 0 heterocycles. The quantitative estimate of drug-likeness (QED) is 0.511. The fraction of sp³-hybridized carbons (Fsp3) is 0.400. The molecule has 108 valence electrons. The lowest BCUT2D eigenvalue weighted by Crippen LogP contribution is -2.20. The van der Waals surface area contributed by atoms with E-state index in [2.05, 4.69) is 4.74 Å². The van der Waals surface area contributed by atoms with Crippen molar-refractivity contribution in [3.63, 3.8) is 0 Å². The molecule has 0 spiro atoms. The number of halogens is 4. The summed E-state index contributed by atoms with van der Waals surface area (Å²) >= 11 is 0. The van der Waals surface area contributed by atoms with Crippen molar-refractivity contribution in [1.29, 1.82) is 0 Å². The van der Waals surface area contributed by atoms with E-state index >= 15 is 0 Å². The molecule has 0 fully saturated rings. The lowest BCUT2D eigenvalue weighted by molar-refractivity contribution is -0.172. The number of sulfone groups is 1. The molecule has 1 aromatic rings. The predicted molar refractivity (Wildman–Crippen MR) is 59.7 cm³/mol. The van der Waals surface area contributed by atoms with Crippen LogP contribution in [0.3, 0.4) is 0 Å². The van der Waals surface area contributed by atoms with Crippen molar-refractivity contribution in [2.45, 2.75) is 11.1 Å². The van der Waals surface area contributed by atoms with Crippen LogP contribution in [0, 0.1) is 5.82 Å². The van der Waals surface area contributed by atoms with Crippen molar-refractivity contribution in [1.82, 2.24) is 0 Å². The summed E-state index contributed by atoms with van der Waals surface area (Å²) in [7, 11) is -3.94. The fourth-order valence-electron chi connectivity index (χ4n) is 1.24. The second-order valence-electron chi connectivity index (χ2n) is 3.71. The molecule has 0 atom stereocenters. The predicted octanol–water partition coefficient (Wildman–Crippen LogP) is 1.76. The van der Waals surface area contributed by atoms with Gasteiger partial charge in [-0.25, -0.2) is 12.8 Å². The monoisotopic (exact) mass is 301 g/mol. The molecular formula is C10H11F4NO3S. The molecule has 0 aliphatic carbocycles. The van der Waals surface area contributed by atoms with Gasteiger partial charge in [-0.2, -0.15) is 13.2 Å². The molecule has 9 heteroatoms. The third-order valence-corrected chi connectivity index (χ3v) is 3.67. The van der Waals surface area contributed by atoms with Gasteiger partial charge in [0, 0.05) is 5.69 Å². The van der Waals surface area contributed by atoms with E-state index < -0.39 is 40.8 Å². The number of nitrogen functional groups attached to an aromatic ring is 1. The highest BCUT2D eigenvalue weighted by Crippen LogP contribution is 2.18. The first-order chi connectivity index (χ1) is 8.60. The number of anilines is 1. The Morgan fingerprint density at radius 2 is 1.84 bits per heavy atom. The third kappa shape index (κ3) is 5.43. The van der Waals surface area contributed by atoms with Gasteiger partial charge in [0.1, 0.15) is 12.4 Å². The smallest absolute Gasteiger partial charge is 0.399 e. The summed E-state index contributed by atoms with van der Waals surface area (Å²) in [6, 6.07) is 2.71. The summed E-state index contributed by atoms with van der Waals surface area (Å²) in [6.07, 6.45) is -4.52. The Balaban J connectivity index is 2.66. The van der Waals surface area contributed by atoms with Gasteiger partial charge in [0.15, 0.2) is 9.84 Å². The van der Waals surface area contributed by atoms with Crippen molar-refractivity contribution < 1.29 is 30.7 Å². The highest BCUT2D eigenvalue weighted by Gasteiger charge is 2.27. The van der Waals surface area contributed by atoms with Gasteiger partial charge in [0.05, 0.1) is 17.3 Å². The topological polar surface area (TPSA) is 69.4 Å². The summed E-state index contributed by atoms with van der Waals surface area (Å²) in [6.45, 7) is -2.17. The maximum atomic E-state index is 13.0. The number of nitrogens with two attached hydrogens (primary N) is 1. The average molecular weight is 301 g/mol. The number of rotatable bonds is 5. The van der Waals surface area contributed by atoms with Gasteiger partial charge in [-0.15, -0.1) is 0 Å². The van der Waals surface area contributed by atoms with Gasteiger partial charge >= 0.3 is 6.18 Å². The first kappa shape index (κ1) is 15.7. The molecule has 1 rings (SSSR count). The highest BCUT2D eigenvalue weighted by atomic mass is 32.2. The molecule has 19 heavy (non-hydrogen) atoms. The van der Waals surface area contributed by atoms with Crippen LogP contribution >= 0.6 is 0 Å². The van der Waals surface area contributed by atoms with Gasteiger partial charge in [-0.05, 0) is 18.2 Å². The van der Waals surface area contributed by atoms with E-state index in [0.29, 0.717) is 0 Å². The summed E-state index contributed by atoms with van der Waals surface area (Å²) in [5, 5.41) is 0. The normalized spacial score (nSPS) is 12.6. The second kappa shape index (κ2) is 5.74. The first-order valence-corrected chi connectivity index (χ1v) is 6.69. The van der Waals surface area contributed by atoms with Crippen molar-refractivity contribution >= 4 is 15.5 Å². The molecule has 2 N–H and O–H groups in total. The zero-order valence-electron chi connectivity index (χ0n) is 9.58. The van der Waals surface area contributed by atoms with Crippen molar-refractivity contribution in [2.75, 3.05) is 24.7 Å². The molecular weight excluding hydrogens is 290 g/mol. The van der Waals surface area contributed by atoms with Crippen LogP contribution in [-0.4, -0.2) is 33.6 Å². The van der Waals surface area contributed by atoms with Gasteiger partial charge < -0.3 is 10.5 Å². The van der Waals surface area contributed by atoms with E-state index in [1.54, 1.807) is 0 Å². The van der Waals surface area contributed by atoms with Crippen LogP contribution in [0.2, 0.25) is 0 Å². The lowest BCUT2D eigenvalue weighted by Gasteiger charge is -2.08. The van der Waals surface area contributed by atoms with Crippen LogP contribution in [0.25, 0.3) is 0 Å². The van der Waals surface area contributed by atoms with Gasteiger partial charge in [-0.3, -0.25) is 0 Å². The zero-order chi connectivity index (χ0) is 14.7. The molecule has 0 saturated heterocycles.